The summed E-state index contributed by atoms with van der Waals surface area (Å²) in [4.78, 5) is 2.44. The van der Waals surface area contributed by atoms with E-state index in [1.807, 2.05) is 0 Å². The van der Waals surface area contributed by atoms with E-state index in [9.17, 15) is 0 Å². The van der Waals surface area contributed by atoms with Crippen molar-refractivity contribution in [2.24, 2.45) is 0 Å². The molecule has 0 radical (unpaired) electrons. The first-order valence-electron chi connectivity index (χ1n) is 4.73. The van der Waals surface area contributed by atoms with Crippen LogP contribution in [0.3, 0.4) is 0 Å². The van der Waals surface area contributed by atoms with E-state index in [1.54, 1.807) is 0 Å². The Bertz CT molecular complexity index is 146. The van der Waals surface area contributed by atoms with E-state index in [-0.39, 0.29) is 0 Å². The quantitative estimate of drug-likeness (QED) is 0.565. The number of epoxide rings is 1. The Morgan fingerprint density at radius 3 is 2.33 bits per heavy atom. The molecule has 0 spiro atoms. The summed E-state index contributed by atoms with van der Waals surface area (Å²) in [5, 5.41) is 0. The van der Waals surface area contributed by atoms with E-state index < -0.39 is 0 Å². The monoisotopic (exact) mass is 171 g/mol. The third-order valence-electron chi connectivity index (χ3n) is 2.36. The summed E-state index contributed by atoms with van der Waals surface area (Å²) in [6, 6.07) is 0. The Labute approximate surface area is 73.6 Å². The van der Waals surface area contributed by atoms with Gasteiger partial charge in [0.2, 0.25) is 0 Å². The lowest BCUT2D eigenvalue weighted by Crippen LogP contribution is -2.46. The minimum atomic E-state index is 0.382. The fourth-order valence-electron chi connectivity index (χ4n) is 1.89. The topological polar surface area (TPSA) is 25.0 Å². The fraction of sp³-hybridized carbons (Fsp3) is 1.00. The number of rotatable bonds is 2. The van der Waals surface area contributed by atoms with Crippen LogP contribution in [-0.4, -0.2) is 49.5 Å². The molecule has 0 bridgehead atoms. The summed E-state index contributed by atoms with van der Waals surface area (Å²) in [6.07, 6.45) is 1.28. The van der Waals surface area contributed by atoms with Crippen molar-refractivity contribution in [1.29, 1.82) is 0 Å². The summed E-state index contributed by atoms with van der Waals surface area (Å²) in [7, 11) is 0. The normalized spacial score (nSPS) is 43.0. The maximum absolute atomic E-state index is 5.64. The SMILES string of the molecule is C[C@@H]1CN(C[C@H]2CO2)C[C@@H](C)O1. The minimum Gasteiger partial charge on any atom is -0.373 e. The molecule has 12 heavy (non-hydrogen) atoms. The standard InChI is InChI=1S/C9H17NO2/c1-7-3-10(4-8(2)12-7)5-9-6-11-9/h7-9H,3-6H2,1-2H3/t7-,8-,9+/m1/s1. The first kappa shape index (κ1) is 8.48. The molecule has 0 unspecified atom stereocenters. The van der Waals surface area contributed by atoms with Gasteiger partial charge in [0.1, 0.15) is 0 Å². The lowest BCUT2D eigenvalue weighted by molar-refractivity contribution is -0.0690. The Morgan fingerprint density at radius 1 is 1.25 bits per heavy atom. The van der Waals surface area contributed by atoms with Gasteiger partial charge >= 0.3 is 0 Å². The maximum Gasteiger partial charge on any atom is 0.0936 e. The highest BCUT2D eigenvalue weighted by Gasteiger charge is 2.29. The Hall–Kier alpha value is -0.120. The molecule has 0 amide bonds. The number of hydrogen-bond donors (Lipinski definition) is 0. The van der Waals surface area contributed by atoms with Gasteiger partial charge in [-0.15, -0.1) is 0 Å². The van der Waals surface area contributed by atoms with Crippen molar-refractivity contribution in [2.75, 3.05) is 26.2 Å². The smallest absolute Gasteiger partial charge is 0.0936 e. The average molecular weight is 171 g/mol. The van der Waals surface area contributed by atoms with Crippen LogP contribution in [0.15, 0.2) is 0 Å². The van der Waals surface area contributed by atoms with Crippen molar-refractivity contribution >= 4 is 0 Å². The predicted octanol–water partition coefficient (Wildman–Crippen LogP) is 0.494. The summed E-state index contributed by atoms with van der Waals surface area (Å²) in [5.41, 5.74) is 0. The van der Waals surface area contributed by atoms with E-state index in [2.05, 4.69) is 18.7 Å². The molecule has 3 atom stereocenters. The van der Waals surface area contributed by atoms with Gasteiger partial charge in [-0.25, -0.2) is 0 Å². The molecule has 0 aromatic rings. The van der Waals surface area contributed by atoms with Gasteiger partial charge in [0.05, 0.1) is 24.9 Å². The third kappa shape index (κ3) is 2.19. The van der Waals surface area contributed by atoms with Gasteiger partial charge in [0.15, 0.2) is 0 Å². The second-order valence-corrected chi connectivity index (χ2v) is 3.93. The van der Waals surface area contributed by atoms with Crippen LogP contribution in [0.5, 0.6) is 0 Å². The lowest BCUT2D eigenvalue weighted by Gasteiger charge is -2.34. The molecule has 2 saturated heterocycles. The molecule has 3 nitrogen and oxygen atoms in total. The highest BCUT2D eigenvalue weighted by atomic mass is 16.6. The van der Waals surface area contributed by atoms with Crippen LogP contribution in [0.2, 0.25) is 0 Å². The van der Waals surface area contributed by atoms with Crippen LogP contribution in [-0.2, 0) is 9.47 Å². The van der Waals surface area contributed by atoms with Crippen LogP contribution in [0.1, 0.15) is 13.8 Å². The summed E-state index contributed by atoms with van der Waals surface area (Å²) in [5.74, 6) is 0. The number of ether oxygens (including phenoxy) is 2. The number of hydrogen-bond acceptors (Lipinski definition) is 3. The Balaban J connectivity index is 1.79. The van der Waals surface area contributed by atoms with Crippen molar-refractivity contribution in [2.45, 2.75) is 32.2 Å². The van der Waals surface area contributed by atoms with Crippen molar-refractivity contribution in [3.05, 3.63) is 0 Å². The molecule has 0 aromatic heterocycles. The molecule has 0 aliphatic carbocycles. The zero-order valence-corrected chi connectivity index (χ0v) is 7.82. The molecular formula is C9H17NO2. The fourth-order valence-corrected chi connectivity index (χ4v) is 1.89. The molecular weight excluding hydrogens is 154 g/mol. The van der Waals surface area contributed by atoms with Crippen molar-refractivity contribution < 1.29 is 9.47 Å². The van der Waals surface area contributed by atoms with Gasteiger partial charge in [0, 0.05) is 19.6 Å². The van der Waals surface area contributed by atoms with Crippen molar-refractivity contribution in [3.8, 4) is 0 Å². The average Bonchev–Trinajstić information content (AvgIpc) is 2.68. The highest BCUT2D eigenvalue weighted by molar-refractivity contribution is 4.79. The maximum atomic E-state index is 5.64. The molecule has 2 rings (SSSR count). The van der Waals surface area contributed by atoms with Crippen LogP contribution in [0.4, 0.5) is 0 Å². The minimum absolute atomic E-state index is 0.382. The van der Waals surface area contributed by atoms with Gasteiger partial charge in [0.25, 0.3) is 0 Å². The highest BCUT2D eigenvalue weighted by Crippen LogP contribution is 2.15. The van der Waals surface area contributed by atoms with E-state index in [0.29, 0.717) is 18.3 Å². The largest absolute Gasteiger partial charge is 0.373 e. The molecule has 3 heteroatoms. The second kappa shape index (κ2) is 3.32. The van der Waals surface area contributed by atoms with Gasteiger partial charge < -0.3 is 9.47 Å². The van der Waals surface area contributed by atoms with Gasteiger partial charge in [-0.1, -0.05) is 0 Å². The summed E-state index contributed by atoms with van der Waals surface area (Å²) < 4.78 is 10.8. The molecule has 2 aliphatic heterocycles. The van der Waals surface area contributed by atoms with Gasteiger partial charge in [-0.2, -0.15) is 0 Å². The molecule has 2 aliphatic rings. The van der Waals surface area contributed by atoms with E-state index >= 15 is 0 Å². The second-order valence-electron chi connectivity index (χ2n) is 3.93. The number of morpholine rings is 1. The van der Waals surface area contributed by atoms with E-state index in [0.717, 1.165) is 26.2 Å². The van der Waals surface area contributed by atoms with E-state index in [1.165, 1.54) is 0 Å². The number of nitrogens with zero attached hydrogens (tertiary/aromatic N) is 1. The lowest BCUT2D eigenvalue weighted by atomic mass is 10.2. The zero-order valence-electron chi connectivity index (χ0n) is 7.82. The molecule has 0 N–H and O–H groups in total. The van der Waals surface area contributed by atoms with Crippen molar-refractivity contribution in [1.82, 2.24) is 4.90 Å². The zero-order chi connectivity index (χ0) is 8.55. The molecule has 0 saturated carbocycles. The molecule has 2 fully saturated rings. The van der Waals surface area contributed by atoms with E-state index in [4.69, 9.17) is 9.47 Å². The molecule has 0 aromatic carbocycles. The summed E-state index contributed by atoms with van der Waals surface area (Å²) in [6.45, 7) is 8.44. The van der Waals surface area contributed by atoms with Crippen LogP contribution >= 0.6 is 0 Å². The van der Waals surface area contributed by atoms with Gasteiger partial charge in [-0.05, 0) is 13.8 Å². The first-order valence-corrected chi connectivity index (χ1v) is 4.73. The Morgan fingerprint density at radius 2 is 1.83 bits per heavy atom. The van der Waals surface area contributed by atoms with Gasteiger partial charge in [-0.3, -0.25) is 4.90 Å². The molecule has 2 heterocycles. The van der Waals surface area contributed by atoms with Crippen LogP contribution in [0, 0.1) is 0 Å². The predicted molar refractivity (Wildman–Crippen MR) is 46.2 cm³/mol. The summed E-state index contributed by atoms with van der Waals surface area (Å²) >= 11 is 0. The first-order chi connectivity index (χ1) is 5.74. The third-order valence-corrected chi connectivity index (χ3v) is 2.36. The Kier molecular flexibility index (Phi) is 2.35. The van der Waals surface area contributed by atoms with Crippen LogP contribution in [0.25, 0.3) is 0 Å². The molecule has 70 valence electrons. The van der Waals surface area contributed by atoms with Crippen LogP contribution < -0.4 is 0 Å². The van der Waals surface area contributed by atoms with Crippen molar-refractivity contribution in [3.63, 3.8) is 0 Å².